The molecule has 1 heterocycles. The molecule has 1 rings (SSSR count). The highest BCUT2D eigenvalue weighted by Crippen LogP contribution is 2.06. The van der Waals surface area contributed by atoms with Gasteiger partial charge in [0.1, 0.15) is 6.61 Å². The number of aromatic nitrogens is 2. The highest BCUT2D eigenvalue weighted by Gasteiger charge is 2.05. The number of rotatable bonds is 13. The minimum Gasteiger partial charge on any atom is -0.481 e. The van der Waals surface area contributed by atoms with Gasteiger partial charge in [-0.05, 0) is 25.9 Å². The van der Waals surface area contributed by atoms with Crippen molar-refractivity contribution >= 4 is 17.9 Å². The lowest BCUT2D eigenvalue weighted by atomic mass is 10.2. The maximum Gasteiger partial charge on any atom is 0.303 e. The smallest absolute Gasteiger partial charge is 0.303 e. The zero-order chi connectivity index (χ0) is 20.5. The zero-order valence-corrected chi connectivity index (χ0v) is 16.3. The van der Waals surface area contributed by atoms with Crippen molar-refractivity contribution in [2.75, 3.05) is 32.0 Å². The number of nitrogens with zero attached hydrogens (tertiary/aromatic N) is 3. The molecule has 0 atom stereocenters. The van der Waals surface area contributed by atoms with Gasteiger partial charge in [0, 0.05) is 18.8 Å². The Morgan fingerprint density at radius 1 is 1.07 bits per heavy atom. The number of carboxylic acids is 2. The molecule has 9 nitrogen and oxygen atoms in total. The van der Waals surface area contributed by atoms with E-state index in [1.165, 1.54) is 25.7 Å². The summed E-state index contributed by atoms with van der Waals surface area (Å²) in [5.41, 5.74) is 5.51. The summed E-state index contributed by atoms with van der Waals surface area (Å²) in [5.74, 6) is -1.34. The molecule has 9 heteroatoms. The van der Waals surface area contributed by atoms with E-state index in [1.54, 1.807) is 12.3 Å². The van der Waals surface area contributed by atoms with Crippen LogP contribution in [0.5, 0.6) is 5.88 Å². The number of unbranched alkanes of at least 4 members (excludes halogenated alkanes) is 2. The van der Waals surface area contributed by atoms with Gasteiger partial charge in [0.05, 0.1) is 12.8 Å². The van der Waals surface area contributed by atoms with Gasteiger partial charge < -0.3 is 20.7 Å². The van der Waals surface area contributed by atoms with Crippen LogP contribution in [0.25, 0.3) is 0 Å². The van der Waals surface area contributed by atoms with Crippen molar-refractivity contribution in [3.63, 3.8) is 0 Å². The minimum atomic E-state index is -1.08. The number of hydrogen-bond donors (Lipinski definition) is 3. The van der Waals surface area contributed by atoms with Crippen LogP contribution < -0.4 is 10.5 Å². The number of ether oxygens (including phenoxy) is 1. The van der Waals surface area contributed by atoms with Gasteiger partial charge in [0.2, 0.25) is 11.8 Å². The van der Waals surface area contributed by atoms with E-state index < -0.39 is 11.9 Å². The van der Waals surface area contributed by atoms with E-state index in [0.717, 1.165) is 19.6 Å². The number of carboxylic acid groups (broad SMARTS) is 2. The minimum absolute atomic E-state index is 0.256. The first-order valence-electron chi connectivity index (χ1n) is 9.26. The normalized spacial score (nSPS) is 10.2. The van der Waals surface area contributed by atoms with Crippen LogP contribution in [-0.2, 0) is 9.59 Å². The lowest BCUT2D eigenvalue weighted by molar-refractivity contribution is -0.143. The molecule has 154 valence electrons. The van der Waals surface area contributed by atoms with Crippen LogP contribution in [-0.4, -0.2) is 63.3 Å². The second-order valence-corrected chi connectivity index (χ2v) is 5.94. The van der Waals surface area contributed by atoms with E-state index in [1.807, 2.05) is 0 Å². The number of carbonyl (C=O) groups is 2. The average molecular weight is 384 g/mol. The molecule has 0 fully saturated rings. The van der Waals surface area contributed by atoms with Gasteiger partial charge in [-0.25, -0.2) is 4.98 Å². The van der Waals surface area contributed by atoms with Gasteiger partial charge in [-0.15, -0.1) is 0 Å². The van der Waals surface area contributed by atoms with Crippen molar-refractivity contribution in [2.45, 2.75) is 52.4 Å². The molecule has 0 aliphatic rings. The molecule has 0 bridgehead atoms. The summed E-state index contributed by atoms with van der Waals surface area (Å²) in [7, 11) is 0. The number of nitrogen functional groups attached to an aromatic ring is 1. The van der Waals surface area contributed by atoms with Crippen LogP contribution in [0.4, 0.5) is 5.95 Å². The molecule has 0 spiro atoms. The molecule has 0 aliphatic carbocycles. The van der Waals surface area contributed by atoms with Crippen LogP contribution in [0.3, 0.4) is 0 Å². The van der Waals surface area contributed by atoms with Crippen molar-refractivity contribution < 1.29 is 24.5 Å². The number of hydrogen-bond acceptors (Lipinski definition) is 7. The molecule has 0 saturated carbocycles. The molecule has 27 heavy (non-hydrogen) atoms. The van der Waals surface area contributed by atoms with Crippen molar-refractivity contribution in [1.29, 1.82) is 0 Å². The first-order chi connectivity index (χ1) is 12.9. The molecule has 1 aromatic rings. The van der Waals surface area contributed by atoms with Crippen molar-refractivity contribution in [3.8, 4) is 5.88 Å². The van der Waals surface area contributed by atoms with E-state index in [2.05, 4.69) is 28.7 Å². The Kier molecular flexibility index (Phi) is 14.4. The fourth-order valence-corrected chi connectivity index (χ4v) is 2.03. The summed E-state index contributed by atoms with van der Waals surface area (Å²) in [6, 6.07) is 1.73. The van der Waals surface area contributed by atoms with Gasteiger partial charge in [-0.2, -0.15) is 4.98 Å². The van der Waals surface area contributed by atoms with Crippen LogP contribution >= 0.6 is 0 Å². The number of nitrogens with two attached hydrogens (primary N) is 1. The monoisotopic (exact) mass is 384 g/mol. The average Bonchev–Trinajstić information content (AvgIpc) is 2.62. The zero-order valence-electron chi connectivity index (χ0n) is 16.3. The van der Waals surface area contributed by atoms with E-state index in [-0.39, 0.29) is 18.8 Å². The SMILES string of the molecule is CCCCN(CCCC)CCOc1ccnc(N)n1.O=C(O)CCC(=O)O. The maximum absolute atomic E-state index is 9.64. The third-order valence-electron chi connectivity index (χ3n) is 3.51. The second-order valence-electron chi connectivity index (χ2n) is 5.94. The van der Waals surface area contributed by atoms with Gasteiger partial charge >= 0.3 is 11.9 Å². The van der Waals surface area contributed by atoms with E-state index >= 15 is 0 Å². The Bertz CT molecular complexity index is 520. The van der Waals surface area contributed by atoms with Crippen LogP contribution in [0.1, 0.15) is 52.4 Å². The molecule has 0 aromatic carbocycles. The quantitative estimate of drug-likeness (QED) is 0.467. The van der Waals surface area contributed by atoms with E-state index in [4.69, 9.17) is 20.7 Å². The Hall–Kier alpha value is -2.42. The lowest BCUT2D eigenvalue weighted by Crippen LogP contribution is -2.30. The molecule has 4 N–H and O–H groups in total. The molecule has 0 radical (unpaired) electrons. The van der Waals surface area contributed by atoms with Crippen LogP contribution in [0.15, 0.2) is 12.3 Å². The fourth-order valence-electron chi connectivity index (χ4n) is 2.03. The Morgan fingerprint density at radius 2 is 1.63 bits per heavy atom. The lowest BCUT2D eigenvalue weighted by Gasteiger charge is -2.21. The largest absolute Gasteiger partial charge is 0.481 e. The summed E-state index contributed by atoms with van der Waals surface area (Å²) in [4.78, 5) is 29.6. The molecule has 0 amide bonds. The maximum atomic E-state index is 9.64. The van der Waals surface area contributed by atoms with Gasteiger partial charge in [0.15, 0.2) is 0 Å². The molecule has 0 unspecified atom stereocenters. The number of anilines is 1. The summed E-state index contributed by atoms with van der Waals surface area (Å²) in [6.45, 7) is 8.31. The molecule has 0 saturated heterocycles. The third-order valence-corrected chi connectivity index (χ3v) is 3.51. The van der Waals surface area contributed by atoms with Gasteiger partial charge in [-0.3, -0.25) is 14.5 Å². The Balaban J connectivity index is 0.000000713. The van der Waals surface area contributed by atoms with E-state index in [9.17, 15) is 9.59 Å². The Labute approximate surface area is 160 Å². The number of aliphatic carboxylic acids is 2. The first kappa shape index (κ1) is 24.6. The summed E-state index contributed by atoms with van der Waals surface area (Å²) in [5, 5.41) is 15.8. The fraction of sp³-hybridized carbons (Fsp3) is 0.667. The first-order valence-corrected chi connectivity index (χ1v) is 9.26. The van der Waals surface area contributed by atoms with Crippen molar-refractivity contribution in [2.24, 2.45) is 0 Å². The predicted molar refractivity (Wildman–Crippen MR) is 103 cm³/mol. The topological polar surface area (TPSA) is 139 Å². The second kappa shape index (κ2) is 15.8. The van der Waals surface area contributed by atoms with Crippen LogP contribution in [0, 0.1) is 0 Å². The highest BCUT2D eigenvalue weighted by molar-refractivity contribution is 5.75. The predicted octanol–water partition coefficient (Wildman–Crippen LogP) is 2.28. The van der Waals surface area contributed by atoms with E-state index in [0.29, 0.717) is 12.5 Å². The summed E-state index contributed by atoms with van der Waals surface area (Å²) in [6.07, 6.45) is 5.96. The molecular formula is C18H32N4O5. The van der Waals surface area contributed by atoms with Crippen molar-refractivity contribution in [3.05, 3.63) is 12.3 Å². The molecule has 0 aliphatic heterocycles. The van der Waals surface area contributed by atoms with Crippen molar-refractivity contribution in [1.82, 2.24) is 14.9 Å². The summed E-state index contributed by atoms with van der Waals surface area (Å²) < 4.78 is 5.60. The standard InChI is InChI=1S/C14H26N4O.C4H6O4/c1-3-5-9-18(10-6-4-2)11-12-19-13-7-8-16-14(15)17-13;5-3(6)1-2-4(7)8/h7-8H,3-6,9-12H2,1-2H3,(H2,15,16,17);1-2H2,(H,5,6)(H,7,8). The highest BCUT2D eigenvalue weighted by atomic mass is 16.5. The third kappa shape index (κ3) is 15.5. The van der Waals surface area contributed by atoms with Gasteiger partial charge in [0.25, 0.3) is 0 Å². The summed E-state index contributed by atoms with van der Waals surface area (Å²) >= 11 is 0. The molecular weight excluding hydrogens is 352 g/mol. The molecule has 1 aromatic heterocycles. The Morgan fingerprint density at radius 3 is 2.07 bits per heavy atom. The van der Waals surface area contributed by atoms with Crippen LogP contribution in [0.2, 0.25) is 0 Å². The van der Waals surface area contributed by atoms with Gasteiger partial charge in [-0.1, -0.05) is 26.7 Å².